The monoisotopic (exact) mass is 354 g/mol. The van der Waals surface area contributed by atoms with Crippen molar-refractivity contribution in [3.63, 3.8) is 0 Å². The summed E-state index contributed by atoms with van der Waals surface area (Å²) in [7, 11) is 0. The van der Waals surface area contributed by atoms with Crippen molar-refractivity contribution in [1.82, 2.24) is 9.97 Å². The Kier molecular flexibility index (Phi) is 7.43. The number of anilines is 2. The van der Waals surface area contributed by atoms with E-state index in [4.69, 9.17) is 0 Å². The first-order valence-electron chi connectivity index (χ1n) is 9.79. The third-order valence-corrected chi connectivity index (χ3v) is 4.66. The van der Waals surface area contributed by atoms with Gasteiger partial charge in [0, 0.05) is 30.7 Å². The van der Waals surface area contributed by atoms with Crippen molar-refractivity contribution >= 4 is 11.5 Å². The molecule has 0 bridgehead atoms. The number of hydrogen-bond donors (Lipinski definition) is 2. The molecule has 2 aromatic rings. The van der Waals surface area contributed by atoms with Crippen molar-refractivity contribution in [2.45, 2.75) is 78.3 Å². The largest absolute Gasteiger partial charge is 0.381 e. The topological polar surface area (TPSA) is 49.8 Å². The second kappa shape index (κ2) is 9.56. The summed E-state index contributed by atoms with van der Waals surface area (Å²) in [6.45, 7) is 13.2. The predicted octanol–water partition coefficient (Wildman–Crippen LogP) is 5.80. The summed E-state index contributed by atoms with van der Waals surface area (Å²) in [6.07, 6.45) is 8.02. The van der Waals surface area contributed by atoms with Crippen LogP contribution in [0.3, 0.4) is 0 Å². The lowest BCUT2D eigenvalue weighted by atomic mass is 9.95. The lowest BCUT2D eigenvalue weighted by molar-refractivity contribution is 0.588. The first-order valence-corrected chi connectivity index (χ1v) is 9.79. The Morgan fingerprint density at radius 2 is 1.65 bits per heavy atom. The molecule has 0 aliphatic rings. The molecule has 2 N–H and O–H groups in total. The summed E-state index contributed by atoms with van der Waals surface area (Å²) >= 11 is 0. The maximum absolute atomic E-state index is 4.40. The molecule has 26 heavy (non-hydrogen) atoms. The standard InChI is InChI=1S/C22H34N4/c1-15(2)20-11-21(14-23-13-20)26-18(6)8-7-17(5)19-9-10-24-22(12-19)25-16(3)4/h9-18,26H,7-8H2,1-6H3,(H,24,25). The summed E-state index contributed by atoms with van der Waals surface area (Å²) in [5, 5.41) is 6.98. The first kappa shape index (κ1) is 20.2. The molecular weight excluding hydrogens is 320 g/mol. The van der Waals surface area contributed by atoms with Gasteiger partial charge in [-0.3, -0.25) is 4.98 Å². The molecule has 2 aromatic heterocycles. The van der Waals surface area contributed by atoms with Crippen molar-refractivity contribution < 1.29 is 0 Å². The van der Waals surface area contributed by atoms with Crippen LogP contribution in [0.1, 0.15) is 77.3 Å². The van der Waals surface area contributed by atoms with Gasteiger partial charge in [-0.2, -0.15) is 0 Å². The quantitative estimate of drug-likeness (QED) is 0.597. The minimum Gasteiger partial charge on any atom is -0.381 e. The van der Waals surface area contributed by atoms with Gasteiger partial charge < -0.3 is 10.6 Å². The molecule has 0 saturated heterocycles. The summed E-state index contributed by atoms with van der Waals surface area (Å²) < 4.78 is 0. The number of nitrogens with one attached hydrogen (secondary N) is 2. The van der Waals surface area contributed by atoms with Crippen molar-refractivity contribution in [1.29, 1.82) is 0 Å². The zero-order chi connectivity index (χ0) is 19.1. The van der Waals surface area contributed by atoms with Crippen molar-refractivity contribution in [2.75, 3.05) is 10.6 Å². The van der Waals surface area contributed by atoms with E-state index >= 15 is 0 Å². The van der Waals surface area contributed by atoms with Crippen molar-refractivity contribution in [3.05, 3.63) is 47.9 Å². The fourth-order valence-electron chi connectivity index (χ4n) is 3.00. The molecule has 2 atom stereocenters. The van der Waals surface area contributed by atoms with Gasteiger partial charge in [-0.05, 0) is 74.8 Å². The summed E-state index contributed by atoms with van der Waals surface area (Å²) in [4.78, 5) is 8.76. The number of rotatable bonds is 9. The van der Waals surface area contributed by atoms with E-state index in [2.05, 4.69) is 80.3 Å². The molecule has 0 fully saturated rings. The molecule has 4 heteroatoms. The first-order chi connectivity index (χ1) is 12.3. The zero-order valence-electron chi connectivity index (χ0n) is 17.1. The molecule has 4 nitrogen and oxygen atoms in total. The van der Waals surface area contributed by atoms with Gasteiger partial charge in [-0.1, -0.05) is 20.8 Å². The molecule has 2 heterocycles. The number of pyridine rings is 2. The third-order valence-electron chi connectivity index (χ3n) is 4.66. The average molecular weight is 355 g/mol. The molecule has 142 valence electrons. The fourth-order valence-corrected chi connectivity index (χ4v) is 3.00. The maximum Gasteiger partial charge on any atom is 0.126 e. The zero-order valence-corrected chi connectivity index (χ0v) is 17.1. The van der Waals surface area contributed by atoms with E-state index in [1.807, 2.05) is 18.6 Å². The van der Waals surface area contributed by atoms with Gasteiger partial charge in [0.15, 0.2) is 0 Å². The second-order valence-corrected chi connectivity index (χ2v) is 7.96. The molecule has 0 amide bonds. The van der Waals surface area contributed by atoms with Crippen LogP contribution in [0.4, 0.5) is 11.5 Å². The molecule has 0 aliphatic heterocycles. The van der Waals surface area contributed by atoms with E-state index in [0.717, 1.165) is 24.3 Å². The van der Waals surface area contributed by atoms with E-state index in [1.54, 1.807) is 0 Å². The van der Waals surface area contributed by atoms with Crippen LogP contribution in [0.15, 0.2) is 36.8 Å². The highest BCUT2D eigenvalue weighted by Crippen LogP contribution is 2.24. The van der Waals surface area contributed by atoms with E-state index in [0.29, 0.717) is 23.9 Å². The van der Waals surface area contributed by atoms with Crippen LogP contribution in [0.5, 0.6) is 0 Å². The molecule has 2 unspecified atom stereocenters. The number of hydrogen-bond acceptors (Lipinski definition) is 4. The van der Waals surface area contributed by atoms with Crippen LogP contribution in [0, 0.1) is 0 Å². The highest BCUT2D eigenvalue weighted by molar-refractivity contribution is 5.44. The van der Waals surface area contributed by atoms with Crippen LogP contribution in [0.25, 0.3) is 0 Å². The summed E-state index contributed by atoms with van der Waals surface area (Å²) in [5.41, 5.74) is 3.74. The van der Waals surface area contributed by atoms with Gasteiger partial charge in [0.25, 0.3) is 0 Å². The Morgan fingerprint density at radius 3 is 2.35 bits per heavy atom. The SMILES string of the molecule is CC(C)Nc1cc(C(C)CCC(C)Nc2cncc(C(C)C)c2)ccn1. The molecule has 0 saturated carbocycles. The smallest absolute Gasteiger partial charge is 0.126 e. The van der Waals surface area contributed by atoms with Gasteiger partial charge in [-0.25, -0.2) is 4.98 Å². The lowest BCUT2D eigenvalue weighted by Gasteiger charge is -2.19. The van der Waals surface area contributed by atoms with Gasteiger partial charge in [0.2, 0.25) is 0 Å². The van der Waals surface area contributed by atoms with Gasteiger partial charge >= 0.3 is 0 Å². The van der Waals surface area contributed by atoms with Crippen LogP contribution in [-0.4, -0.2) is 22.1 Å². The van der Waals surface area contributed by atoms with Crippen LogP contribution >= 0.6 is 0 Å². The van der Waals surface area contributed by atoms with Crippen molar-refractivity contribution in [2.24, 2.45) is 0 Å². The highest BCUT2D eigenvalue weighted by atomic mass is 15.0. The van der Waals surface area contributed by atoms with Gasteiger partial charge in [-0.15, -0.1) is 0 Å². The summed E-state index contributed by atoms with van der Waals surface area (Å²) in [6, 6.07) is 7.33. The van der Waals surface area contributed by atoms with E-state index < -0.39 is 0 Å². The van der Waals surface area contributed by atoms with E-state index in [9.17, 15) is 0 Å². The minimum atomic E-state index is 0.396. The molecule has 0 spiro atoms. The van der Waals surface area contributed by atoms with Crippen LogP contribution < -0.4 is 10.6 Å². The Hall–Kier alpha value is -2.10. The highest BCUT2D eigenvalue weighted by Gasteiger charge is 2.11. The number of nitrogens with zero attached hydrogens (tertiary/aromatic N) is 2. The predicted molar refractivity (Wildman–Crippen MR) is 112 cm³/mol. The Labute approximate surface area is 158 Å². The van der Waals surface area contributed by atoms with Crippen LogP contribution in [-0.2, 0) is 0 Å². The minimum absolute atomic E-state index is 0.396. The molecular formula is C22H34N4. The fraction of sp³-hybridized carbons (Fsp3) is 0.545. The Morgan fingerprint density at radius 1 is 0.885 bits per heavy atom. The van der Waals surface area contributed by atoms with E-state index in [1.165, 1.54) is 11.1 Å². The number of aromatic nitrogens is 2. The second-order valence-electron chi connectivity index (χ2n) is 7.96. The normalized spacial score (nSPS) is 13.7. The molecule has 2 rings (SSSR count). The molecule has 0 aliphatic carbocycles. The Balaban J connectivity index is 1.88. The lowest BCUT2D eigenvalue weighted by Crippen LogP contribution is -2.16. The third kappa shape index (κ3) is 6.32. The molecule has 0 aromatic carbocycles. The molecule has 0 radical (unpaired) electrons. The maximum atomic E-state index is 4.40. The average Bonchev–Trinajstić information content (AvgIpc) is 2.59. The van der Waals surface area contributed by atoms with Gasteiger partial charge in [0.1, 0.15) is 5.82 Å². The van der Waals surface area contributed by atoms with E-state index in [-0.39, 0.29) is 0 Å². The van der Waals surface area contributed by atoms with Crippen molar-refractivity contribution in [3.8, 4) is 0 Å². The Bertz CT molecular complexity index is 681. The summed E-state index contributed by atoms with van der Waals surface area (Å²) in [5.74, 6) is 1.97. The van der Waals surface area contributed by atoms with Crippen LogP contribution in [0.2, 0.25) is 0 Å². The van der Waals surface area contributed by atoms with Gasteiger partial charge in [0.05, 0.1) is 5.69 Å².